The molecule has 0 aliphatic heterocycles. The van der Waals surface area contributed by atoms with Gasteiger partial charge in [0.25, 0.3) is 0 Å². The van der Waals surface area contributed by atoms with E-state index in [1.807, 2.05) is 30.3 Å². The monoisotopic (exact) mass is 262 g/mol. The summed E-state index contributed by atoms with van der Waals surface area (Å²) in [4.78, 5) is 0. The first-order valence-electron chi connectivity index (χ1n) is 5.60. The second-order valence-corrected chi connectivity index (χ2v) is 4.02. The van der Waals surface area contributed by atoms with Crippen molar-refractivity contribution in [3.8, 4) is 5.75 Å². The molecule has 0 bridgehead atoms. The molecule has 19 heavy (non-hydrogen) atoms. The summed E-state index contributed by atoms with van der Waals surface area (Å²) in [7, 11) is 5.60. The maximum absolute atomic E-state index is 12.6. The van der Waals surface area contributed by atoms with Crippen molar-refractivity contribution in [2.45, 2.75) is 12.8 Å². The van der Waals surface area contributed by atoms with Gasteiger partial charge in [-0.1, -0.05) is 47.9 Å². The number of hydrogen-bond donors (Lipinski definition) is 0. The third kappa shape index (κ3) is 3.53. The molecule has 0 aliphatic carbocycles. The van der Waals surface area contributed by atoms with Crippen molar-refractivity contribution >= 4 is 13.3 Å². The highest BCUT2D eigenvalue weighted by Crippen LogP contribution is 2.30. The quantitative estimate of drug-likeness (QED) is 0.772. The highest BCUT2D eigenvalue weighted by Gasteiger charge is 2.30. The van der Waals surface area contributed by atoms with Gasteiger partial charge in [-0.15, -0.1) is 0 Å². The third-order valence-electron chi connectivity index (χ3n) is 2.58. The van der Waals surface area contributed by atoms with Gasteiger partial charge in [0.15, 0.2) is 0 Å². The van der Waals surface area contributed by atoms with Gasteiger partial charge < -0.3 is 4.74 Å². The molecule has 0 saturated heterocycles. The maximum atomic E-state index is 12.6. The van der Waals surface area contributed by atoms with E-state index in [0.717, 1.165) is 17.7 Å². The minimum absolute atomic E-state index is 0.0404. The molecule has 0 aromatic heterocycles. The minimum Gasteiger partial charge on any atom is -0.490 e. The number of halogens is 3. The van der Waals surface area contributed by atoms with Gasteiger partial charge in [-0.25, -0.2) is 0 Å². The van der Waals surface area contributed by atoms with Crippen LogP contribution in [0.2, 0.25) is 0 Å². The minimum atomic E-state index is -4.40. The Kier molecular flexibility index (Phi) is 3.83. The van der Waals surface area contributed by atoms with Gasteiger partial charge in [-0.3, -0.25) is 0 Å². The van der Waals surface area contributed by atoms with E-state index in [1.54, 1.807) is 0 Å². The van der Waals surface area contributed by atoms with Crippen molar-refractivity contribution in [2.75, 3.05) is 0 Å². The first kappa shape index (κ1) is 13.5. The van der Waals surface area contributed by atoms with Crippen LogP contribution in [-0.4, -0.2) is 7.85 Å². The van der Waals surface area contributed by atoms with Gasteiger partial charge >= 0.3 is 6.18 Å². The summed E-state index contributed by atoms with van der Waals surface area (Å²) in [5.74, 6) is 0.0404. The second-order valence-electron chi connectivity index (χ2n) is 4.02. The summed E-state index contributed by atoms with van der Waals surface area (Å²) < 4.78 is 43.0. The van der Waals surface area contributed by atoms with E-state index < -0.39 is 11.7 Å². The summed E-state index contributed by atoms with van der Waals surface area (Å²) in [6.45, 7) is 0.173. The van der Waals surface area contributed by atoms with Crippen LogP contribution in [0.3, 0.4) is 0 Å². The van der Waals surface area contributed by atoms with Crippen LogP contribution in [0.25, 0.3) is 0 Å². The van der Waals surface area contributed by atoms with Crippen LogP contribution in [-0.2, 0) is 12.8 Å². The summed E-state index contributed by atoms with van der Waals surface area (Å²) >= 11 is 0. The molecule has 0 heterocycles. The molecule has 0 aliphatic rings. The Morgan fingerprint density at radius 1 is 1.00 bits per heavy atom. The number of hydrogen-bond acceptors (Lipinski definition) is 1. The van der Waals surface area contributed by atoms with E-state index in [4.69, 9.17) is 12.6 Å². The maximum Gasteiger partial charge on any atom is 0.416 e. The summed E-state index contributed by atoms with van der Waals surface area (Å²) in [6, 6.07) is 12.2. The summed E-state index contributed by atoms with van der Waals surface area (Å²) in [6.07, 6.45) is -4.40. The van der Waals surface area contributed by atoms with Crippen molar-refractivity contribution in [1.29, 1.82) is 0 Å². The molecule has 0 fully saturated rings. The lowest BCUT2D eigenvalue weighted by molar-refractivity contribution is -0.137. The van der Waals surface area contributed by atoms with Crippen LogP contribution in [0.15, 0.2) is 48.5 Å². The molecule has 2 rings (SSSR count). The average Bonchev–Trinajstić information content (AvgIpc) is 2.37. The molecule has 0 atom stereocenters. The average molecular weight is 262 g/mol. The first-order chi connectivity index (χ1) is 8.97. The zero-order valence-electron chi connectivity index (χ0n) is 9.95. The van der Waals surface area contributed by atoms with Crippen LogP contribution in [0.4, 0.5) is 13.2 Å². The van der Waals surface area contributed by atoms with Crippen molar-refractivity contribution in [3.63, 3.8) is 0 Å². The standard InChI is InChI=1S/C14H10BF3O/c15-12-7-6-11(14(16,17)18)8-13(12)19-9-10-4-2-1-3-5-10/h1-8H,9H2. The zero-order valence-corrected chi connectivity index (χ0v) is 9.95. The van der Waals surface area contributed by atoms with Gasteiger partial charge in [0.2, 0.25) is 0 Å². The largest absolute Gasteiger partial charge is 0.490 e. The van der Waals surface area contributed by atoms with E-state index >= 15 is 0 Å². The van der Waals surface area contributed by atoms with Gasteiger partial charge in [0.05, 0.1) is 5.56 Å². The molecule has 96 valence electrons. The molecule has 2 aromatic rings. The molecule has 0 amide bonds. The van der Waals surface area contributed by atoms with E-state index in [-0.39, 0.29) is 17.8 Å². The Morgan fingerprint density at radius 2 is 1.68 bits per heavy atom. The molecule has 2 radical (unpaired) electrons. The fourth-order valence-electron chi connectivity index (χ4n) is 1.57. The highest BCUT2D eigenvalue weighted by molar-refractivity contribution is 6.34. The molecule has 5 heteroatoms. The molecule has 0 N–H and O–H groups in total. The number of benzene rings is 2. The van der Waals surface area contributed by atoms with Crippen LogP contribution >= 0.6 is 0 Å². The topological polar surface area (TPSA) is 9.23 Å². The Hall–Kier alpha value is -1.91. The molecular weight excluding hydrogens is 252 g/mol. The van der Waals surface area contributed by atoms with Crippen LogP contribution in [0.5, 0.6) is 5.75 Å². The SMILES string of the molecule is [B]c1ccc(C(F)(F)F)cc1OCc1ccccc1. The molecule has 2 aromatic carbocycles. The van der Waals surface area contributed by atoms with Gasteiger partial charge in [0.1, 0.15) is 20.2 Å². The Bertz CT molecular complexity index is 552. The fraction of sp³-hybridized carbons (Fsp3) is 0.143. The molecule has 1 nitrogen and oxygen atoms in total. The van der Waals surface area contributed by atoms with Crippen LogP contribution in [0, 0.1) is 0 Å². The first-order valence-corrected chi connectivity index (χ1v) is 5.60. The predicted molar refractivity (Wildman–Crippen MR) is 67.6 cm³/mol. The molecule has 0 saturated carbocycles. The third-order valence-corrected chi connectivity index (χ3v) is 2.58. The summed E-state index contributed by atoms with van der Waals surface area (Å²) in [5.41, 5.74) is 0.271. The Labute approximate surface area is 110 Å². The van der Waals surface area contributed by atoms with Crippen molar-refractivity contribution < 1.29 is 17.9 Å². The Balaban J connectivity index is 2.16. The van der Waals surface area contributed by atoms with E-state index in [1.165, 1.54) is 6.07 Å². The molecule has 0 unspecified atom stereocenters. The zero-order chi connectivity index (χ0) is 13.9. The number of alkyl halides is 3. The molecule has 0 spiro atoms. The van der Waals surface area contributed by atoms with E-state index in [2.05, 4.69) is 0 Å². The highest BCUT2D eigenvalue weighted by atomic mass is 19.4. The van der Waals surface area contributed by atoms with Crippen molar-refractivity contribution in [1.82, 2.24) is 0 Å². The normalized spacial score (nSPS) is 11.3. The Morgan fingerprint density at radius 3 is 2.32 bits per heavy atom. The van der Waals surface area contributed by atoms with Crippen molar-refractivity contribution in [3.05, 3.63) is 59.7 Å². The molecular formula is C14H10BF3O. The van der Waals surface area contributed by atoms with Crippen LogP contribution in [0.1, 0.15) is 11.1 Å². The van der Waals surface area contributed by atoms with Crippen molar-refractivity contribution in [2.24, 2.45) is 0 Å². The van der Waals surface area contributed by atoms with Crippen LogP contribution < -0.4 is 10.2 Å². The lowest BCUT2D eigenvalue weighted by atomic mass is 9.93. The smallest absolute Gasteiger partial charge is 0.416 e. The lowest BCUT2D eigenvalue weighted by Crippen LogP contribution is -2.13. The van der Waals surface area contributed by atoms with E-state index in [0.29, 0.717) is 0 Å². The lowest BCUT2D eigenvalue weighted by Gasteiger charge is -2.13. The fourth-order valence-corrected chi connectivity index (χ4v) is 1.57. The number of rotatable bonds is 3. The predicted octanol–water partition coefficient (Wildman–Crippen LogP) is 3.08. The summed E-state index contributed by atoms with van der Waals surface area (Å²) in [5, 5.41) is 0. The van der Waals surface area contributed by atoms with Gasteiger partial charge in [-0.2, -0.15) is 13.2 Å². The number of ether oxygens (including phenoxy) is 1. The van der Waals surface area contributed by atoms with Gasteiger partial charge in [-0.05, 0) is 11.6 Å². The van der Waals surface area contributed by atoms with Gasteiger partial charge in [0, 0.05) is 0 Å². The van der Waals surface area contributed by atoms with E-state index in [9.17, 15) is 13.2 Å². The second kappa shape index (κ2) is 5.39.